The quantitative estimate of drug-likeness (QED) is 0.907. The van der Waals surface area contributed by atoms with Crippen molar-refractivity contribution in [1.82, 2.24) is 9.97 Å². The Bertz CT molecular complexity index is 662. The molecule has 110 valence electrons. The van der Waals surface area contributed by atoms with Gasteiger partial charge in [0, 0.05) is 18.8 Å². The Kier molecular flexibility index (Phi) is 4.05. The van der Waals surface area contributed by atoms with Crippen LogP contribution in [0.2, 0.25) is 0 Å². The lowest BCUT2D eigenvalue weighted by molar-refractivity contribution is 0.628. The second kappa shape index (κ2) is 5.97. The van der Waals surface area contributed by atoms with Crippen molar-refractivity contribution in [2.75, 3.05) is 23.3 Å². The molecule has 1 aliphatic heterocycles. The van der Waals surface area contributed by atoms with Gasteiger partial charge in [0.2, 0.25) is 0 Å². The van der Waals surface area contributed by atoms with Gasteiger partial charge in [0.1, 0.15) is 22.4 Å². The summed E-state index contributed by atoms with van der Waals surface area (Å²) in [5, 5.41) is 3.26. The van der Waals surface area contributed by atoms with E-state index in [4.69, 9.17) is 0 Å². The van der Waals surface area contributed by atoms with Gasteiger partial charge in [-0.1, -0.05) is 13.0 Å². The molecule has 3 rings (SSSR count). The summed E-state index contributed by atoms with van der Waals surface area (Å²) < 4.78 is 14.3. The fourth-order valence-electron chi connectivity index (χ4n) is 2.49. The third-order valence-corrected chi connectivity index (χ3v) is 4.24. The number of halogens is 2. The molecule has 0 atom stereocenters. The van der Waals surface area contributed by atoms with Crippen LogP contribution in [-0.4, -0.2) is 23.1 Å². The van der Waals surface area contributed by atoms with Crippen molar-refractivity contribution in [1.29, 1.82) is 0 Å². The first-order chi connectivity index (χ1) is 10.2. The highest BCUT2D eigenvalue weighted by Gasteiger charge is 2.24. The van der Waals surface area contributed by atoms with Crippen molar-refractivity contribution in [3.8, 4) is 0 Å². The Balaban J connectivity index is 1.98. The van der Waals surface area contributed by atoms with Crippen LogP contribution in [0.15, 0.2) is 29.0 Å². The highest BCUT2D eigenvalue weighted by atomic mass is 79.9. The summed E-state index contributed by atoms with van der Waals surface area (Å²) >= 11 is 3.57. The summed E-state index contributed by atoms with van der Waals surface area (Å²) in [7, 11) is 0. The third-order valence-electron chi connectivity index (χ3n) is 3.51. The number of anilines is 3. The van der Waals surface area contributed by atoms with E-state index in [1.165, 1.54) is 12.4 Å². The second-order valence-corrected chi connectivity index (χ2v) is 5.75. The minimum Gasteiger partial charge on any atom is -0.369 e. The zero-order chi connectivity index (χ0) is 14.8. The predicted molar refractivity (Wildman–Crippen MR) is 85.6 cm³/mol. The van der Waals surface area contributed by atoms with Gasteiger partial charge in [-0.3, -0.25) is 0 Å². The van der Waals surface area contributed by atoms with Crippen LogP contribution in [0.1, 0.15) is 18.9 Å². The van der Waals surface area contributed by atoms with Crippen LogP contribution in [-0.2, 0) is 6.42 Å². The number of benzene rings is 1. The smallest absolute Gasteiger partial charge is 0.152 e. The second-order valence-electron chi connectivity index (χ2n) is 4.96. The number of nitrogens with zero attached hydrogens (tertiary/aromatic N) is 3. The van der Waals surface area contributed by atoms with E-state index in [0.29, 0.717) is 0 Å². The molecule has 2 aromatic rings. The highest BCUT2D eigenvalue weighted by molar-refractivity contribution is 9.10. The zero-order valence-corrected chi connectivity index (χ0v) is 13.3. The summed E-state index contributed by atoms with van der Waals surface area (Å²) in [5.74, 6) is 1.31. The molecule has 0 saturated heterocycles. The van der Waals surface area contributed by atoms with Crippen molar-refractivity contribution in [2.45, 2.75) is 19.8 Å². The molecule has 0 fully saturated rings. The predicted octanol–water partition coefficient (Wildman–Crippen LogP) is 3.89. The first kappa shape index (κ1) is 14.3. The monoisotopic (exact) mass is 350 g/mol. The molecule has 0 aliphatic carbocycles. The summed E-state index contributed by atoms with van der Waals surface area (Å²) in [6.07, 6.45) is 3.45. The molecule has 21 heavy (non-hydrogen) atoms. The normalized spacial score (nSPS) is 13.4. The molecule has 1 aromatic heterocycles. The maximum atomic E-state index is 13.5. The summed E-state index contributed by atoms with van der Waals surface area (Å²) in [6, 6.07) is 4.91. The lowest BCUT2D eigenvalue weighted by atomic mass is 10.2. The van der Waals surface area contributed by atoms with Crippen molar-refractivity contribution in [3.63, 3.8) is 0 Å². The zero-order valence-electron chi connectivity index (χ0n) is 11.7. The molecule has 0 amide bonds. The summed E-state index contributed by atoms with van der Waals surface area (Å²) in [6.45, 7) is 3.74. The topological polar surface area (TPSA) is 41.1 Å². The maximum absolute atomic E-state index is 13.5. The van der Waals surface area contributed by atoms with Crippen molar-refractivity contribution < 1.29 is 4.39 Å². The SMILES string of the molecule is CCCNc1ncnc(N2CCc3ccc(F)cc32)c1Br. The molecule has 1 aromatic carbocycles. The molecule has 0 radical (unpaired) electrons. The van der Waals surface area contributed by atoms with E-state index in [2.05, 4.69) is 38.1 Å². The van der Waals surface area contributed by atoms with E-state index >= 15 is 0 Å². The first-order valence-corrected chi connectivity index (χ1v) is 7.80. The molecule has 1 N–H and O–H groups in total. The van der Waals surface area contributed by atoms with E-state index in [1.54, 1.807) is 6.07 Å². The standard InChI is InChI=1S/C15H16BrFN4/c1-2-6-18-14-13(16)15(20-9-19-14)21-7-5-10-3-4-11(17)8-12(10)21/h3-4,8-9H,2,5-7H2,1H3,(H,18,19,20). The summed E-state index contributed by atoms with van der Waals surface area (Å²) in [4.78, 5) is 10.6. The average Bonchev–Trinajstić information content (AvgIpc) is 2.89. The fourth-order valence-corrected chi connectivity index (χ4v) is 3.05. The Morgan fingerprint density at radius 2 is 2.24 bits per heavy atom. The molecule has 4 nitrogen and oxygen atoms in total. The number of hydrogen-bond donors (Lipinski definition) is 1. The molecule has 0 unspecified atom stereocenters. The molecular formula is C15H16BrFN4. The molecular weight excluding hydrogens is 335 g/mol. The molecule has 0 saturated carbocycles. The fraction of sp³-hybridized carbons (Fsp3) is 0.333. The van der Waals surface area contributed by atoms with Crippen LogP contribution in [0, 0.1) is 5.82 Å². The molecule has 0 spiro atoms. The van der Waals surface area contributed by atoms with Gasteiger partial charge in [0.15, 0.2) is 5.82 Å². The number of aromatic nitrogens is 2. The van der Waals surface area contributed by atoms with E-state index in [9.17, 15) is 4.39 Å². The van der Waals surface area contributed by atoms with Crippen LogP contribution in [0.3, 0.4) is 0 Å². The van der Waals surface area contributed by atoms with Gasteiger partial charge < -0.3 is 10.2 Å². The van der Waals surface area contributed by atoms with Gasteiger partial charge in [0.25, 0.3) is 0 Å². The van der Waals surface area contributed by atoms with Crippen molar-refractivity contribution in [3.05, 3.63) is 40.4 Å². The largest absolute Gasteiger partial charge is 0.369 e. The Morgan fingerprint density at radius 3 is 3.05 bits per heavy atom. The lowest BCUT2D eigenvalue weighted by Crippen LogP contribution is -2.17. The molecule has 2 heterocycles. The van der Waals surface area contributed by atoms with Crippen LogP contribution >= 0.6 is 15.9 Å². The number of nitrogens with one attached hydrogen (secondary N) is 1. The Hall–Kier alpha value is -1.69. The Labute approximate surface area is 131 Å². The van der Waals surface area contributed by atoms with Crippen LogP contribution < -0.4 is 10.2 Å². The van der Waals surface area contributed by atoms with Crippen molar-refractivity contribution >= 4 is 33.3 Å². The minimum atomic E-state index is -0.227. The molecule has 1 aliphatic rings. The molecule has 0 bridgehead atoms. The van der Waals surface area contributed by atoms with Crippen LogP contribution in [0.5, 0.6) is 0 Å². The van der Waals surface area contributed by atoms with E-state index in [-0.39, 0.29) is 5.82 Å². The van der Waals surface area contributed by atoms with Crippen molar-refractivity contribution in [2.24, 2.45) is 0 Å². The van der Waals surface area contributed by atoms with Gasteiger partial charge in [-0.15, -0.1) is 0 Å². The third kappa shape index (κ3) is 2.72. The van der Waals surface area contributed by atoms with Gasteiger partial charge in [-0.25, -0.2) is 14.4 Å². The van der Waals surface area contributed by atoms with E-state index < -0.39 is 0 Å². The van der Waals surface area contributed by atoms with Gasteiger partial charge >= 0.3 is 0 Å². The number of fused-ring (bicyclic) bond motifs is 1. The summed E-state index contributed by atoms with van der Waals surface area (Å²) in [5.41, 5.74) is 2.03. The van der Waals surface area contributed by atoms with Crippen LogP contribution in [0.4, 0.5) is 21.7 Å². The molecule has 6 heteroatoms. The van der Waals surface area contributed by atoms with E-state index in [0.717, 1.165) is 53.3 Å². The highest BCUT2D eigenvalue weighted by Crippen LogP contribution is 2.39. The Morgan fingerprint density at radius 1 is 1.38 bits per heavy atom. The minimum absolute atomic E-state index is 0.227. The first-order valence-electron chi connectivity index (χ1n) is 7.01. The lowest BCUT2D eigenvalue weighted by Gasteiger charge is -2.20. The average molecular weight is 351 g/mol. The van der Waals surface area contributed by atoms with Gasteiger partial charge in [-0.05, 0) is 46.5 Å². The maximum Gasteiger partial charge on any atom is 0.152 e. The van der Waals surface area contributed by atoms with Crippen LogP contribution in [0.25, 0.3) is 0 Å². The van der Waals surface area contributed by atoms with E-state index in [1.807, 2.05) is 11.0 Å². The number of hydrogen-bond acceptors (Lipinski definition) is 4. The van der Waals surface area contributed by atoms with Gasteiger partial charge in [-0.2, -0.15) is 0 Å². The number of rotatable bonds is 4. The van der Waals surface area contributed by atoms with Gasteiger partial charge in [0.05, 0.1) is 0 Å².